The van der Waals surface area contributed by atoms with Crippen LogP contribution in [-0.4, -0.2) is 21.4 Å². The fourth-order valence-electron chi connectivity index (χ4n) is 1.92. The van der Waals surface area contributed by atoms with Gasteiger partial charge in [-0.25, -0.2) is 0 Å². The minimum atomic E-state index is -0.423. The van der Waals surface area contributed by atoms with Crippen LogP contribution < -0.4 is 0 Å². The topological polar surface area (TPSA) is 59.2 Å². The van der Waals surface area contributed by atoms with Crippen LogP contribution in [0, 0.1) is 0 Å². The molecule has 0 fully saturated rings. The van der Waals surface area contributed by atoms with E-state index in [2.05, 4.69) is 36.1 Å². The maximum absolute atomic E-state index is 9.61. The molecule has 1 atom stereocenters. The van der Waals surface area contributed by atoms with Crippen molar-refractivity contribution >= 4 is 0 Å². The Hall–Kier alpha value is -1.68. The van der Waals surface area contributed by atoms with Crippen molar-refractivity contribution in [1.29, 1.82) is 0 Å². The highest BCUT2D eigenvalue weighted by Gasteiger charge is 2.28. The summed E-state index contributed by atoms with van der Waals surface area (Å²) >= 11 is 0. The zero-order valence-corrected chi connectivity index (χ0v) is 11.6. The zero-order valence-electron chi connectivity index (χ0n) is 11.6. The molecule has 0 radical (unpaired) electrons. The van der Waals surface area contributed by atoms with Gasteiger partial charge in [-0.3, -0.25) is 0 Å². The minimum absolute atomic E-state index is 0.305. The molecule has 0 aliphatic rings. The standard InChI is InChI=1S/C15H20N2O2/c1-4-12(18)10-13-16-14(17-19-13)15(2,3)11-8-6-5-7-9-11/h5-9,12,18H,4,10H2,1-3H3. The lowest BCUT2D eigenvalue weighted by Gasteiger charge is -2.20. The number of benzene rings is 1. The maximum atomic E-state index is 9.61. The van der Waals surface area contributed by atoms with Crippen LogP contribution in [0.3, 0.4) is 0 Å². The Morgan fingerprint density at radius 1 is 1.26 bits per heavy atom. The molecule has 1 unspecified atom stereocenters. The molecule has 0 saturated heterocycles. The van der Waals surface area contributed by atoms with Gasteiger partial charge in [0, 0.05) is 0 Å². The summed E-state index contributed by atoms with van der Waals surface area (Å²) < 4.78 is 5.22. The number of aliphatic hydroxyl groups is 1. The van der Waals surface area contributed by atoms with Crippen LogP contribution in [0.4, 0.5) is 0 Å². The Morgan fingerprint density at radius 3 is 2.58 bits per heavy atom. The van der Waals surface area contributed by atoms with E-state index in [9.17, 15) is 5.11 Å². The summed E-state index contributed by atoms with van der Waals surface area (Å²) in [7, 11) is 0. The Bertz CT molecular complexity index is 520. The van der Waals surface area contributed by atoms with Gasteiger partial charge in [0.1, 0.15) is 0 Å². The summed E-state index contributed by atoms with van der Waals surface area (Å²) in [5.41, 5.74) is 0.832. The van der Waals surface area contributed by atoms with Gasteiger partial charge in [0.05, 0.1) is 17.9 Å². The molecular weight excluding hydrogens is 240 g/mol. The monoisotopic (exact) mass is 260 g/mol. The van der Waals surface area contributed by atoms with Gasteiger partial charge >= 0.3 is 0 Å². The first-order valence-corrected chi connectivity index (χ1v) is 6.60. The molecule has 1 heterocycles. The lowest BCUT2D eigenvalue weighted by Crippen LogP contribution is -2.20. The third-order valence-electron chi connectivity index (χ3n) is 3.40. The molecule has 102 valence electrons. The van der Waals surface area contributed by atoms with E-state index in [0.717, 1.165) is 5.56 Å². The molecule has 19 heavy (non-hydrogen) atoms. The molecule has 0 aliphatic carbocycles. The van der Waals surface area contributed by atoms with Gasteiger partial charge in [-0.05, 0) is 25.8 Å². The predicted molar refractivity (Wildman–Crippen MR) is 72.9 cm³/mol. The van der Waals surface area contributed by atoms with Crippen LogP contribution >= 0.6 is 0 Å². The third kappa shape index (κ3) is 3.01. The van der Waals surface area contributed by atoms with Gasteiger partial charge in [-0.1, -0.05) is 42.4 Å². The Morgan fingerprint density at radius 2 is 1.95 bits per heavy atom. The van der Waals surface area contributed by atoms with E-state index in [0.29, 0.717) is 24.6 Å². The lowest BCUT2D eigenvalue weighted by atomic mass is 9.84. The van der Waals surface area contributed by atoms with E-state index in [1.54, 1.807) is 0 Å². The second-order valence-electron chi connectivity index (χ2n) is 5.27. The first kappa shape index (κ1) is 13.7. The molecule has 0 saturated carbocycles. The highest BCUT2D eigenvalue weighted by Crippen LogP contribution is 2.29. The quantitative estimate of drug-likeness (QED) is 0.898. The Balaban J connectivity index is 2.22. The summed E-state index contributed by atoms with van der Waals surface area (Å²) in [4.78, 5) is 4.41. The van der Waals surface area contributed by atoms with Crippen molar-refractivity contribution in [3.8, 4) is 0 Å². The third-order valence-corrected chi connectivity index (χ3v) is 3.40. The summed E-state index contributed by atoms with van der Waals surface area (Å²) in [6, 6.07) is 10.1. The van der Waals surface area contributed by atoms with Gasteiger partial charge in [-0.2, -0.15) is 4.98 Å². The smallest absolute Gasteiger partial charge is 0.229 e. The van der Waals surface area contributed by atoms with Crippen molar-refractivity contribution in [3.05, 3.63) is 47.6 Å². The molecule has 4 heteroatoms. The average Bonchev–Trinajstić information content (AvgIpc) is 2.89. The first-order valence-electron chi connectivity index (χ1n) is 6.60. The summed E-state index contributed by atoms with van der Waals surface area (Å²) in [5, 5.41) is 13.7. The van der Waals surface area contributed by atoms with E-state index in [1.807, 2.05) is 25.1 Å². The largest absolute Gasteiger partial charge is 0.393 e. The summed E-state index contributed by atoms with van der Waals surface area (Å²) in [5.74, 6) is 1.14. The maximum Gasteiger partial charge on any atom is 0.229 e. The van der Waals surface area contributed by atoms with Crippen LogP contribution in [0.2, 0.25) is 0 Å². The van der Waals surface area contributed by atoms with E-state index < -0.39 is 6.10 Å². The number of hydrogen-bond donors (Lipinski definition) is 1. The molecule has 0 spiro atoms. The van der Waals surface area contributed by atoms with Crippen LogP contribution in [0.5, 0.6) is 0 Å². The number of hydrogen-bond acceptors (Lipinski definition) is 4. The van der Waals surface area contributed by atoms with Crippen molar-refractivity contribution < 1.29 is 9.63 Å². The fourth-order valence-corrected chi connectivity index (χ4v) is 1.92. The van der Waals surface area contributed by atoms with Crippen molar-refractivity contribution in [1.82, 2.24) is 10.1 Å². The van der Waals surface area contributed by atoms with Crippen molar-refractivity contribution in [2.75, 3.05) is 0 Å². The highest BCUT2D eigenvalue weighted by molar-refractivity contribution is 5.30. The van der Waals surface area contributed by atoms with Crippen molar-refractivity contribution in [3.63, 3.8) is 0 Å². The van der Waals surface area contributed by atoms with Crippen molar-refractivity contribution in [2.24, 2.45) is 0 Å². The predicted octanol–water partition coefficient (Wildman–Crippen LogP) is 2.71. The van der Waals surface area contributed by atoms with E-state index in [4.69, 9.17) is 4.52 Å². The van der Waals surface area contributed by atoms with Gasteiger partial charge in [0.2, 0.25) is 5.89 Å². The second kappa shape index (κ2) is 5.53. The molecule has 2 rings (SSSR count). The molecule has 2 aromatic rings. The Labute approximate surface area is 113 Å². The van der Waals surface area contributed by atoms with Crippen LogP contribution in [0.1, 0.15) is 44.5 Å². The molecular formula is C15H20N2O2. The van der Waals surface area contributed by atoms with E-state index >= 15 is 0 Å². The molecule has 1 aromatic heterocycles. The van der Waals surface area contributed by atoms with Crippen LogP contribution in [0.25, 0.3) is 0 Å². The number of nitrogens with zero attached hydrogens (tertiary/aromatic N) is 2. The fraction of sp³-hybridized carbons (Fsp3) is 0.467. The molecule has 1 N–H and O–H groups in total. The Kier molecular flexibility index (Phi) is 4.00. The zero-order chi connectivity index (χ0) is 13.9. The SMILES string of the molecule is CCC(O)Cc1nc(C(C)(C)c2ccccc2)no1. The second-order valence-corrected chi connectivity index (χ2v) is 5.27. The molecule has 0 bridgehead atoms. The molecule has 4 nitrogen and oxygen atoms in total. The molecule has 0 amide bonds. The van der Waals surface area contributed by atoms with Gasteiger partial charge in [-0.15, -0.1) is 0 Å². The van der Waals surface area contributed by atoms with Crippen molar-refractivity contribution in [2.45, 2.75) is 45.1 Å². The van der Waals surface area contributed by atoms with E-state index in [1.165, 1.54) is 0 Å². The van der Waals surface area contributed by atoms with Crippen LogP contribution in [-0.2, 0) is 11.8 Å². The number of rotatable bonds is 5. The summed E-state index contributed by atoms with van der Waals surface area (Å²) in [6.45, 7) is 6.05. The average molecular weight is 260 g/mol. The molecule has 0 aliphatic heterocycles. The molecule has 1 aromatic carbocycles. The van der Waals surface area contributed by atoms with Gasteiger partial charge in [0.25, 0.3) is 0 Å². The lowest BCUT2D eigenvalue weighted by molar-refractivity contribution is 0.158. The minimum Gasteiger partial charge on any atom is -0.393 e. The number of aliphatic hydroxyl groups excluding tert-OH is 1. The highest BCUT2D eigenvalue weighted by atomic mass is 16.5. The first-order chi connectivity index (χ1) is 9.04. The summed E-state index contributed by atoms with van der Waals surface area (Å²) in [6.07, 6.45) is 0.668. The van der Waals surface area contributed by atoms with Gasteiger partial charge in [0.15, 0.2) is 5.82 Å². The van der Waals surface area contributed by atoms with E-state index in [-0.39, 0.29) is 5.41 Å². The van der Waals surface area contributed by atoms with Crippen LogP contribution in [0.15, 0.2) is 34.9 Å². The number of aromatic nitrogens is 2. The normalized spacial score (nSPS) is 13.5. The van der Waals surface area contributed by atoms with Gasteiger partial charge < -0.3 is 9.63 Å².